The van der Waals surface area contributed by atoms with Crippen molar-refractivity contribution in [2.45, 2.75) is 76.3 Å². The molecule has 3 nitrogen and oxygen atoms in total. The average Bonchev–Trinajstić information content (AvgIpc) is 2.57. The highest BCUT2D eigenvalue weighted by atomic mass is 19.1. The number of hydrogen-bond acceptors (Lipinski definition) is 1. The lowest BCUT2D eigenvalue weighted by atomic mass is 9.89. The molecule has 3 rings (SSSR count). The number of amides is 2. The van der Waals surface area contributed by atoms with Crippen molar-refractivity contribution in [1.29, 1.82) is 0 Å². The van der Waals surface area contributed by atoms with Gasteiger partial charge in [0, 0.05) is 17.8 Å². The highest BCUT2D eigenvalue weighted by Gasteiger charge is 2.32. The van der Waals surface area contributed by atoms with E-state index in [9.17, 15) is 9.18 Å². The third-order valence-electron chi connectivity index (χ3n) is 5.25. The number of carbonyl (C=O) groups is 1. The van der Waals surface area contributed by atoms with Crippen LogP contribution in [0.25, 0.3) is 0 Å². The topological polar surface area (TPSA) is 32.3 Å². The summed E-state index contributed by atoms with van der Waals surface area (Å²) in [6.07, 6.45) is 11.8. The molecule has 0 heterocycles. The molecule has 0 atom stereocenters. The lowest BCUT2D eigenvalue weighted by Crippen LogP contribution is -2.50. The van der Waals surface area contributed by atoms with E-state index < -0.39 is 0 Å². The van der Waals surface area contributed by atoms with Crippen LogP contribution in [0.1, 0.15) is 64.2 Å². The zero-order valence-electron chi connectivity index (χ0n) is 13.8. The second-order valence-corrected chi connectivity index (χ2v) is 6.93. The van der Waals surface area contributed by atoms with Gasteiger partial charge in [0.2, 0.25) is 0 Å². The van der Waals surface area contributed by atoms with Gasteiger partial charge in [-0.3, -0.25) is 0 Å². The zero-order valence-corrected chi connectivity index (χ0v) is 13.8. The van der Waals surface area contributed by atoms with Crippen LogP contribution in [0.2, 0.25) is 0 Å². The first-order chi connectivity index (χ1) is 11.2. The fraction of sp³-hybridized carbons (Fsp3) is 0.632. The van der Waals surface area contributed by atoms with Crippen LogP contribution in [-0.2, 0) is 0 Å². The number of carbonyl (C=O) groups excluding carboxylic acids is 1. The lowest BCUT2D eigenvalue weighted by molar-refractivity contribution is 0.114. The minimum atomic E-state index is -0.315. The standard InChI is InChI=1S/C19H27FN2O/c20-15-8-7-9-16(14-15)21-19(23)22(17-10-3-1-4-11-17)18-12-5-2-6-13-18/h7-9,14,17-18H,1-6,10-13H2,(H,21,23). The van der Waals surface area contributed by atoms with Gasteiger partial charge >= 0.3 is 6.03 Å². The van der Waals surface area contributed by atoms with Crippen LogP contribution in [0.4, 0.5) is 14.9 Å². The van der Waals surface area contributed by atoms with Gasteiger partial charge in [0.15, 0.2) is 0 Å². The molecule has 0 aliphatic heterocycles. The molecule has 0 bridgehead atoms. The van der Waals surface area contributed by atoms with Crippen molar-refractivity contribution < 1.29 is 9.18 Å². The number of urea groups is 1. The Morgan fingerprint density at radius 1 is 0.957 bits per heavy atom. The molecule has 2 aliphatic rings. The van der Waals surface area contributed by atoms with Gasteiger partial charge in [0.25, 0.3) is 0 Å². The van der Waals surface area contributed by atoms with Crippen molar-refractivity contribution in [2.24, 2.45) is 0 Å². The summed E-state index contributed by atoms with van der Waals surface area (Å²) in [4.78, 5) is 15.0. The molecule has 0 radical (unpaired) electrons. The number of nitrogens with one attached hydrogen (secondary N) is 1. The molecular weight excluding hydrogens is 291 g/mol. The van der Waals surface area contributed by atoms with Gasteiger partial charge in [-0.25, -0.2) is 9.18 Å². The van der Waals surface area contributed by atoms with Crippen LogP contribution >= 0.6 is 0 Å². The summed E-state index contributed by atoms with van der Waals surface area (Å²) >= 11 is 0. The molecule has 0 spiro atoms. The SMILES string of the molecule is O=C(Nc1cccc(F)c1)N(C1CCCCC1)C1CCCCC1. The Morgan fingerprint density at radius 3 is 2.04 bits per heavy atom. The Bertz CT molecular complexity index is 504. The van der Waals surface area contributed by atoms with Crippen LogP contribution in [0.3, 0.4) is 0 Å². The molecule has 2 amide bonds. The van der Waals surface area contributed by atoms with Crippen molar-refractivity contribution >= 4 is 11.7 Å². The molecule has 0 saturated heterocycles. The van der Waals surface area contributed by atoms with Crippen molar-refractivity contribution in [3.05, 3.63) is 30.1 Å². The number of hydrogen-bond donors (Lipinski definition) is 1. The van der Waals surface area contributed by atoms with E-state index in [1.165, 1.54) is 50.7 Å². The van der Waals surface area contributed by atoms with Gasteiger partial charge in [-0.05, 0) is 43.9 Å². The summed E-state index contributed by atoms with van der Waals surface area (Å²) in [5.41, 5.74) is 0.548. The summed E-state index contributed by atoms with van der Waals surface area (Å²) in [5, 5.41) is 2.92. The maximum absolute atomic E-state index is 13.4. The molecular formula is C19H27FN2O. The number of nitrogens with zero attached hydrogens (tertiary/aromatic N) is 1. The molecule has 23 heavy (non-hydrogen) atoms. The third-order valence-corrected chi connectivity index (χ3v) is 5.25. The average molecular weight is 318 g/mol. The largest absolute Gasteiger partial charge is 0.322 e. The van der Waals surface area contributed by atoms with Crippen LogP contribution in [-0.4, -0.2) is 23.0 Å². The molecule has 2 saturated carbocycles. The summed E-state index contributed by atoms with van der Waals surface area (Å²) in [6, 6.07) is 6.82. The Hall–Kier alpha value is -1.58. The van der Waals surface area contributed by atoms with Crippen LogP contribution in [0.5, 0.6) is 0 Å². The van der Waals surface area contributed by atoms with Crippen molar-refractivity contribution in [3.63, 3.8) is 0 Å². The van der Waals surface area contributed by atoms with E-state index in [0.717, 1.165) is 25.7 Å². The minimum absolute atomic E-state index is 0.0469. The van der Waals surface area contributed by atoms with E-state index in [1.807, 2.05) is 0 Å². The Labute approximate surface area is 138 Å². The van der Waals surface area contributed by atoms with Crippen LogP contribution in [0.15, 0.2) is 24.3 Å². The second kappa shape index (κ2) is 7.80. The maximum atomic E-state index is 13.4. The van der Waals surface area contributed by atoms with Gasteiger partial charge in [-0.2, -0.15) is 0 Å². The van der Waals surface area contributed by atoms with Crippen LogP contribution in [0, 0.1) is 5.82 Å². The molecule has 1 aromatic carbocycles. The molecule has 0 unspecified atom stereocenters. The Kier molecular flexibility index (Phi) is 5.52. The molecule has 4 heteroatoms. The highest BCUT2D eigenvalue weighted by molar-refractivity contribution is 5.89. The molecule has 1 N–H and O–H groups in total. The first kappa shape index (κ1) is 16.3. The molecule has 126 valence electrons. The first-order valence-corrected chi connectivity index (χ1v) is 9.09. The Morgan fingerprint density at radius 2 is 1.52 bits per heavy atom. The number of rotatable bonds is 3. The van der Waals surface area contributed by atoms with E-state index in [2.05, 4.69) is 10.2 Å². The van der Waals surface area contributed by atoms with Gasteiger partial charge in [0.1, 0.15) is 5.82 Å². The Balaban J connectivity index is 1.74. The summed E-state index contributed by atoms with van der Waals surface area (Å²) < 4.78 is 13.4. The van der Waals surface area contributed by atoms with E-state index in [1.54, 1.807) is 12.1 Å². The molecule has 1 aromatic rings. The number of halogens is 1. The van der Waals surface area contributed by atoms with E-state index in [0.29, 0.717) is 17.8 Å². The van der Waals surface area contributed by atoms with Gasteiger partial charge < -0.3 is 10.2 Å². The summed E-state index contributed by atoms with van der Waals surface area (Å²) in [6.45, 7) is 0. The zero-order chi connectivity index (χ0) is 16.1. The predicted octanol–water partition coefficient (Wildman–Crippen LogP) is 5.33. The number of benzene rings is 1. The fourth-order valence-electron chi connectivity index (χ4n) is 4.10. The summed E-state index contributed by atoms with van der Waals surface area (Å²) in [5.74, 6) is -0.315. The summed E-state index contributed by atoms with van der Waals surface area (Å²) in [7, 11) is 0. The molecule has 2 aliphatic carbocycles. The number of anilines is 1. The normalized spacial score (nSPS) is 20.2. The lowest BCUT2D eigenvalue weighted by Gasteiger charge is -2.41. The fourth-order valence-corrected chi connectivity index (χ4v) is 4.10. The van der Waals surface area contributed by atoms with Crippen molar-refractivity contribution in [1.82, 2.24) is 4.90 Å². The monoisotopic (exact) mass is 318 g/mol. The van der Waals surface area contributed by atoms with Gasteiger partial charge in [-0.1, -0.05) is 44.6 Å². The smallest absolute Gasteiger partial charge is 0.319 e. The van der Waals surface area contributed by atoms with Gasteiger partial charge in [0.05, 0.1) is 0 Å². The van der Waals surface area contributed by atoms with E-state index in [-0.39, 0.29) is 11.8 Å². The third kappa shape index (κ3) is 4.24. The minimum Gasteiger partial charge on any atom is -0.319 e. The second-order valence-electron chi connectivity index (χ2n) is 6.93. The molecule has 2 fully saturated rings. The van der Waals surface area contributed by atoms with Gasteiger partial charge in [-0.15, -0.1) is 0 Å². The van der Waals surface area contributed by atoms with Crippen molar-refractivity contribution in [2.75, 3.05) is 5.32 Å². The first-order valence-electron chi connectivity index (χ1n) is 9.09. The quantitative estimate of drug-likeness (QED) is 0.803. The van der Waals surface area contributed by atoms with Crippen molar-refractivity contribution in [3.8, 4) is 0 Å². The van der Waals surface area contributed by atoms with E-state index >= 15 is 0 Å². The predicted molar refractivity (Wildman–Crippen MR) is 91.0 cm³/mol. The van der Waals surface area contributed by atoms with Crippen LogP contribution < -0.4 is 5.32 Å². The molecule has 0 aromatic heterocycles. The maximum Gasteiger partial charge on any atom is 0.322 e. The highest BCUT2D eigenvalue weighted by Crippen LogP contribution is 2.30. The van der Waals surface area contributed by atoms with E-state index in [4.69, 9.17) is 0 Å².